The van der Waals surface area contributed by atoms with Crippen molar-refractivity contribution in [2.75, 3.05) is 5.32 Å². The van der Waals surface area contributed by atoms with Gasteiger partial charge in [-0.15, -0.1) is 0 Å². The van der Waals surface area contributed by atoms with Crippen molar-refractivity contribution in [2.45, 2.75) is 0 Å². The first kappa shape index (κ1) is 17.3. The molecule has 0 saturated heterocycles. The van der Waals surface area contributed by atoms with Crippen LogP contribution >= 0.6 is 0 Å². The van der Waals surface area contributed by atoms with Crippen molar-refractivity contribution < 1.29 is 29.6 Å². The second-order valence-electron chi connectivity index (χ2n) is 4.71. The monoisotopic (exact) mass is 347 g/mol. The summed E-state index contributed by atoms with van der Waals surface area (Å²) in [5.74, 6) is -2.93. The maximum atomic E-state index is 12.2. The van der Waals surface area contributed by atoms with E-state index in [4.69, 9.17) is 5.11 Å². The summed E-state index contributed by atoms with van der Waals surface area (Å²) < 4.78 is 0. The molecular formula is C14H9N3O8. The van der Waals surface area contributed by atoms with Crippen molar-refractivity contribution in [3.05, 3.63) is 67.8 Å². The van der Waals surface area contributed by atoms with Gasteiger partial charge in [-0.2, -0.15) is 0 Å². The van der Waals surface area contributed by atoms with Gasteiger partial charge in [0.1, 0.15) is 16.9 Å². The average molecular weight is 347 g/mol. The molecule has 0 saturated carbocycles. The van der Waals surface area contributed by atoms with Crippen molar-refractivity contribution >= 4 is 28.9 Å². The van der Waals surface area contributed by atoms with Crippen LogP contribution in [0.1, 0.15) is 20.7 Å². The fraction of sp³-hybridized carbons (Fsp3) is 0. The number of rotatable bonds is 5. The number of aromatic hydroxyl groups is 1. The summed E-state index contributed by atoms with van der Waals surface area (Å²) in [5, 5.41) is 42.3. The number of carboxylic acids is 1. The molecule has 0 bridgehead atoms. The second-order valence-corrected chi connectivity index (χ2v) is 4.71. The number of nitro benzene ring substituents is 2. The second kappa shape index (κ2) is 6.62. The number of nitrogens with one attached hydrogen (secondary N) is 1. The maximum Gasteiger partial charge on any atom is 0.339 e. The lowest BCUT2D eigenvalue weighted by molar-refractivity contribution is -0.394. The molecule has 128 valence electrons. The molecule has 3 N–H and O–H groups in total. The number of benzene rings is 2. The number of nitro groups is 2. The van der Waals surface area contributed by atoms with Gasteiger partial charge in [-0.1, -0.05) is 0 Å². The number of aromatic carboxylic acids is 1. The van der Waals surface area contributed by atoms with Crippen molar-refractivity contribution in [3.63, 3.8) is 0 Å². The van der Waals surface area contributed by atoms with Crippen LogP contribution in [-0.2, 0) is 0 Å². The Morgan fingerprint density at radius 2 is 1.64 bits per heavy atom. The minimum Gasteiger partial charge on any atom is -0.507 e. The Morgan fingerprint density at radius 3 is 2.20 bits per heavy atom. The zero-order valence-corrected chi connectivity index (χ0v) is 12.2. The van der Waals surface area contributed by atoms with E-state index < -0.39 is 50.0 Å². The first-order valence-electron chi connectivity index (χ1n) is 6.51. The zero-order chi connectivity index (χ0) is 18.7. The van der Waals surface area contributed by atoms with E-state index in [0.29, 0.717) is 6.07 Å². The summed E-state index contributed by atoms with van der Waals surface area (Å²) in [5.41, 5.74) is -2.28. The van der Waals surface area contributed by atoms with Gasteiger partial charge in [0.15, 0.2) is 0 Å². The smallest absolute Gasteiger partial charge is 0.339 e. The predicted molar refractivity (Wildman–Crippen MR) is 82.8 cm³/mol. The SMILES string of the molecule is O=C(O)c1cc(NC(=O)c2ccc([N+](=O)[O-])cc2[N+](=O)[O-])ccc1O. The minimum atomic E-state index is -1.44. The van der Waals surface area contributed by atoms with Crippen LogP contribution in [0.15, 0.2) is 36.4 Å². The van der Waals surface area contributed by atoms with Gasteiger partial charge in [0.25, 0.3) is 17.3 Å². The Hall–Kier alpha value is -4.02. The molecule has 2 aromatic rings. The van der Waals surface area contributed by atoms with Crippen LogP contribution in [0.5, 0.6) is 5.75 Å². The van der Waals surface area contributed by atoms with Gasteiger partial charge in [-0.3, -0.25) is 25.0 Å². The number of nitrogens with zero attached hydrogens (tertiary/aromatic N) is 2. The molecule has 1 amide bonds. The van der Waals surface area contributed by atoms with E-state index in [-0.39, 0.29) is 5.69 Å². The van der Waals surface area contributed by atoms with Gasteiger partial charge >= 0.3 is 5.97 Å². The van der Waals surface area contributed by atoms with Crippen molar-refractivity contribution in [1.82, 2.24) is 0 Å². The third kappa shape index (κ3) is 3.67. The summed E-state index contributed by atoms with van der Waals surface area (Å²) in [7, 11) is 0. The number of carboxylic acid groups (broad SMARTS) is 1. The van der Waals surface area contributed by atoms with Crippen molar-refractivity contribution in [1.29, 1.82) is 0 Å². The molecule has 0 atom stereocenters. The molecule has 0 aromatic heterocycles. The quantitative estimate of drug-likeness (QED) is 0.419. The third-order valence-electron chi connectivity index (χ3n) is 3.12. The van der Waals surface area contributed by atoms with Gasteiger partial charge in [-0.05, 0) is 24.3 Å². The summed E-state index contributed by atoms with van der Waals surface area (Å²) in [6.45, 7) is 0. The van der Waals surface area contributed by atoms with Crippen LogP contribution in [0.2, 0.25) is 0 Å². The number of hydrogen-bond donors (Lipinski definition) is 3. The van der Waals surface area contributed by atoms with Gasteiger partial charge < -0.3 is 15.5 Å². The van der Waals surface area contributed by atoms with E-state index in [1.54, 1.807) is 0 Å². The zero-order valence-electron chi connectivity index (χ0n) is 12.2. The lowest BCUT2D eigenvalue weighted by atomic mass is 10.1. The first-order valence-corrected chi connectivity index (χ1v) is 6.51. The molecular weight excluding hydrogens is 338 g/mol. The summed E-state index contributed by atoms with van der Waals surface area (Å²) in [6.07, 6.45) is 0. The molecule has 0 unspecified atom stereocenters. The van der Waals surface area contributed by atoms with Crippen LogP contribution < -0.4 is 5.32 Å². The van der Waals surface area contributed by atoms with E-state index in [9.17, 15) is 34.9 Å². The highest BCUT2D eigenvalue weighted by atomic mass is 16.6. The largest absolute Gasteiger partial charge is 0.507 e. The van der Waals surface area contributed by atoms with Crippen LogP contribution in [-0.4, -0.2) is 31.9 Å². The Kier molecular flexibility index (Phi) is 4.59. The van der Waals surface area contributed by atoms with E-state index in [1.807, 2.05) is 0 Å². The molecule has 11 heteroatoms. The number of non-ortho nitro benzene ring substituents is 1. The standard InChI is InChI=1S/C14H9N3O8/c18-12-4-1-7(5-10(12)14(20)21)15-13(19)9-3-2-8(16(22)23)6-11(9)17(24)25/h1-6,18H,(H,15,19)(H,20,21). The number of phenols is 1. The highest BCUT2D eigenvalue weighted by Crippen LogP contribution is 2.26. The molecule has 0 fully saturated rings. The van der Waals surface area contributed by atoms with Gasteiger partial charge in [-0.25, -0.2) is 4.79 Å². The molecule has 25 heavy (non-hydrogen) atoms. The molecule has 11 nitrogen and oxygen atoms in total. The normalized spacial score (nSPS) is 10.1. The highest BCUT2D eigenvalue weighted by Gasteiger charge is 2.24. The van der Waals surface area contributed by atoms with E-state index in [1.165, 1.54) is 6.07 Å². The van der Waals surface area contributed by atoms with Crippen molar-refractivity contribution in [2.24, 2.45) is 0 Å². The molecule has 0 aliphatic carbocycles. The summed E-state index contributed by atoms with van der Waals surface area (Å²) >= 11 is 0. The molecule has 2 aromatic carbocycles. The van der Waals surface area contributed by atoms with E-state index >= 15 is 0 Å². The Morgan fingerprint density at radius 1 is 0.960 bits per heavy atom. The van der Waals surface area contributed by atoms with Crippen LogP contribution in [0.4, 0.5) is 17.1 Å². The molecule has 0 aliphatic rings. The molecule has 2 rings (SSSR count). The average Bonchev–Trinajstić information content (AvgIpc) is 2.55. The van der Waals surface area contributed by atoms with Gasteiger partial charge in [0.2, 0.25) is 0 Å². The lowest BCUT2D eigenvalue weighted by Crippen LogP contribution is -2.14. The molecule has 0 spiro atoms. The first-order chi connectivity index (χ1) is 11.7. The molecule has 0 radical (unpaired) electrons. The maximum absolute atomic E-state index is 12.2. The number of carbonyl (C=O) groups is 2. The Labute approximate surface area is 138 Å². The van der Waals surface area contributed by atoms with Crippen LogP contribution in [0, 0.1) is 20.2 Å². The molecule has 0 heterocycles. The number of hydrogen-bond acceptors (Lipinski definition) is 7. The number of carbonyl (C=O) groups excluding carboxylic acids is 1. The van der Waals surface area contributed by atoms with Crippen LogP contribution in [0.25, 0.3) is 0 Å². The number of amides is 1. The molecule has 0 aliphatic heterocycles. The van der Waals surface area contributed by atoms with Crippen LogP contribution in [0.3, 0.4) is 0 Å². The summed E-state index contributed by atoms with van der Waals surface area (Å²) in [6, 6.07) is 5.69. The van der Waals surface area contributed by atoms with Gasteiger partial charge in [0, 0.05) is 11.8 Å². The predicted octanol–water partition coefficient (Wildman–Crippen LogP) is 2.16. The third-order valence-corrected chi connectivity index (χ3v) is 3.12. The Bertz CT molecular complexity index is 909. The Balaban J connectivity index is 2.38. The van der Waals surface area contributed by atoms with Crippen molar-refractivity contribution in [3.8, 4) is 5.75 Å². The van der Waals surface area contributed by atoms with E-state index in [2.05, 4.69) is 5.32 Å². The lowest BCUT2D eigenvalue weighted by Gasteiger charge is -2.07. The van der Waals surface area contributed by atoms with Gasteiger partial charge in [0.05, 0.1) is 15.9 Å². The number of anilines is 1. The topological polar surface area (TPSA) is 173 Å². The fourth-order valence-electron chi connectivity index (χ4n) is 1.96. The minimum absolute atomic E-state index is 0.0344. The highest BCUT2D eigenvalue weighted by molar-refractivity contribution is 6.07. The summed E-state index contributed by atoms with van der Waals surface area (Å²) in [4.78, 5) is 43.1. The fourth-order valence-corrected chi connectivity index (χ4v) is 1.96. The van der Waals surface area contributed by atoms with E-state index in [0.717, 1.165) is 24.3 Å².